The lowest BCUT2D eigenvalue weighted by Gasteiger charge is -2.09. The fourth-order valence-electron chi connectivity index (χ4n) is 1.78. The predicted octanol–water partition coefficient (Wildman–Crippen LogP) is 1.26. The zero-order valence-electron chi connectivity index (χ0n) is 10.5. The van der Waals surface area contributed by atoms with E-state index < -0.39 is 0 Å². The average Bonchev–Trinajstić information content (AvgIpc) is 2.98. The Morgan fingerprint density at radius 2 is 2.61 bits per heavy atom. The first-order chi connectivity index (χ1) is 8.74. The summed E-state index contributed by atoms with van der Waals surface area (Å²) in [5.41, 5.74) is 0. The van der Waals surface area contributed by atoms with Gasteiger partial charge in [0, 0.05) is 17.7 Å². The number of aryl methyl sites for hydroxylation is 1. The minimum Gasteiger partial charge on any atom is -0.376 e. The average molecular weight is 270 g/mol. The van der Waals surface area contributed by atoms with Gasteiger partial charge >= 0.3 is 0 Å². The molecular formula is C12H18N2O3S. The summed E-state index contributed by atoms with van der Waals surface area (Å²) >= 11 is 1.59. The number of hydrogen-bond acceptors (Lipinski definition) is 5. The third kappa shape index (κ3) is 4.36. The number of thiazole rings is 1. The second-order valence-corrected chi connectivity index (χ2v) is 5.59. The van der Waals surface area contributed by atoms with Gasteiger partial charge in [-0.3, -0.25) is 4.79 Å². The van der Waals surface area contributed by atoms with E-state index in [2.05, 4.69) is 10.3 Å². The number of ether oxygens (including phenoxy) is 2. The normalized spacial score (nSPS) is 19.1. The van der Waals surface area contributed by atoms with Crippen molar-refractivity contribution < 1.29 is 14.3 Å². The van der Waals surface area contributed by atoms with E-state index in [1.165, 1.54) is 0 Å². The molecule has 0 saturated carbocycles. The van der Waals surface area contributed by atoms with Crippen LogP contribution in [0.25, 0.3) is 0 Å². The van der Waals surface area contributed by atoms with E-state index in [0.29, 0.717) is 13.2 Å². The Balaban J connectivity index is 1.57. The summed E-state index contributed by atoms with van der Waals surface area (Å²) in [7, 11) is 0. The van der Waals surface area contributed by atoms with Crippen molar-refractivity contribution in [2.45, 2.75) is 32.4 Å². The summed E-state index contributed by atoms with van der Waals surface area (Å²) in [6, 6.07) is 0. The Labute approximate surface area is 111 Å². The van der Waals surface area contributed by atoms with Crippen LogP contribution in [-0.4, -0.2) is 36.8 Å². The first-order valence-corrected chi connectivity index (χ1v) is 6.93. The van der Waals surface area contributed by atoms with Crippen LogP contribution >= 0.6 is 11.3 Å². The number of nitrogens with one attached hydrogen (secondary N) is 1. The largest absolute Gasteiger partial charge is 0.376 e. The van der Waals surface area contributed by atoms with E-state index in [-0.39, 0.29) is 18.6 Å². The number of rotatable bonds is 6. The summed E-state index contributed by atoms with van der Waals surface area (Å²) in [6.07, 6.45) is 4.07. The molecule has 0 bridgehead atoms. The van der Waals surface area contributed by atoms with Crippen molar-refractivity contribution in [1.82, 2.24) is 10.3 Å². The van der Waals surface area contributed by atoms with Gasteiger partial charge in [-0.15, -0.1) is 11.3 Å². The van der Waals surface area contributed by atoms with Gasteiger partial charge in [-0.2, -0.15) is 0 Å². The number of hydrogen-bond donors (Lipinski definition) is 1. The molecule has 1 aromatic heterocycles. The van der Waals surface area contributed by atoms with E-state index in [9.17, 15) is 4.79 Å². The molecule has 18 heavy (non-hydrogen) atoms. The van der Waals surface area contributed by atoms with Gasteiger partial charge in [-0.1, -0.05) is 0 Å². The van der Waals surface area contributed by atoms with Crippen LogP contribution in [0.3, 0.4) is 0 Å². The highest BCUT2D eigenvalue weighted by atomic mass is 32.1. The van der Waals surface area contributed by atoms with Crippen LogP contribution in [0.2, 0.25) is 0 Å². The molecule has 1 saturated heterocycles. The lowest BCUT2D eigenvalue weighted by molar-refractivity contribution is -0.126. The summed E-state index contributed by atoms with van der Waals surface area (Å²) in [5, 5.41) is 3.81. The highest BCUT2D eigenvalue weighted by molar-refractivity contribution is 7.11. The third-order valence-electron chi connectivity index (χ3n) is 2.69. The number of carbonyl (C=O) groups is 1. The quantitative estimate of drug-likeness (QED) is 0.845. The molecule has 0 aliphatic carbocycles. The van der Waals surface area contributed by atoms with Crippen LogP contribution < -0.4 is 5.32 Å². The van der Waals surface area contributed by atoms with Gasteiger partial charge in [0.05, 0.1) is 24.3 Å². The van der Waals surface area contributed by atoms with Gasteiger partial charge < -0.3 is 14.8 Å². The van der Waals surface area contributed by atoms with Crippen molar-refractivity contribution in [1.29, 1.82) is 0 Å². The van der Waals surface area contributed by atoms with Gasteiger partial charge in [0.1, 0.15) is 6.61 Å². The Morgan fingerprint density at radius 3 is 3.28 bits per heavy atom. The zero-order valence-corrected chi connectivity index (χ0v) is 11.3. The third-order valence-corrected chi connectivity index (χ3v) is 3.60. The Bertz CT molecular complexity index is 388. The summed E-state index contributed by atoms with van der Waals surface area (Å²) in [6.45, 7) is 3.88. The van der Waals surface area contributed by atoms with Gasteiger partial charge in [0.15, 0.2) is 0 Å². The van der Waals surface area contributed by atoms with Gasteiger partial charge in [0.2, 0.25) is 5.91 Å². The Kier molecular flexibility index (Phi) is 5.10. The lowest BCUT2D eigenvalue weighted by Crippen LogP contribution is -2.28. The molecule has 1 fully saturated rings. The number of nitrogens with zero attached hydrogens (tertiary/aromatic N) is 1. The molecule has 1 aliphatic rings. The summed E-state index contributed by atoms with van der Waals surface area (Å²) < 4.78 is 10.7. The van der Waals surface area contributed by atoms with Crippen LogP contribution in [0.15, 0.2) is 6.20 Å². The number of amides is 1. The van der Waals surface area contributed by atoms with Crippen LogP contribution in [0.5, 0.6) is 0 Å². The lowest BCUT2D eigenvalue weighted by atomic mass is 10.2. The highest BCUT2D eigenvalue weighted by Crippen LogP contribution is 2.12. The molecular weight excluding hydrogens is 252 g/mol. The van der Waals surface area contributed by atoms with Crippen LogP contribution in [-0.2, 0) is 20.8 Å². The molecule has 6 heteroatoms. The molecule has 1 N–H and O–H groups in total. The molecule has 100 valence electrons. The maximum absolute atomic E-state index is 11.5. The fourth-order valence-corrected chi connectivity index (χ4v) is 2.52. The van der Waals surface area contributed by atoms with Crippen molar-refractivity contribution >= 4 is 17.2 Å². The minimum atomic E-state index is -0.0981. The van der Waals surface area contributed by atoms with Gasteiger partial charge in [-0.25, -0.2) is 4.98 Å². The SMILES string of the molecule is Cc1ncc(CNC(=O)COCC2CCCO2)s1. The van der Waals surface area contributed by atoms with Crippen molar-refractivity contribution in [2.24, 2.45) is 0 Å². The molecule has 2 rings (SSSR count). The van der Waals surface area contributed by atoms with Crippen molar-refractivity contribution in [3.63, 3.8) is 0 Å². The smallest absolute Gasteiger partial charge is 0.246 e. The topological polar surface area (TPSA) is 60.5 Å². The number of aromatic nitrogens is 1. The molecule has 0 radical (unpaired) electrons. The molecule has 1 atom stereocenters. The summed E-state index contributed by atoms with van der Waals surface area (Å²) in [4.78, 5) is 16.7. The maximum atomic E-state index is 11.5. The molecule has 1 aliphatic heterocycles. The van der Waals surface area contributed by atoms with Crippen molar-refractivity contribution in [2.75, 3.05) is 19.8 Å². The van der Waals surface area contributed by atoms with Crippen LogP contribution in [0, 0.1) is 6.92 Å². The standard InChI is InChI=1S/C12H18N2O3S/c1-9-13-5-11(18-9)6-14-12(15)8-16-7-10-3-2-4-17-10/h5,10H,2-4,6-8H2,1H3,(H,14,15). The Morgan fingerprint density at radius 1 is 1.72 bits per heavy atom. The molecule has 2 heterocycles. The van der Waals surface area contributed by atoms with Crippen molar-refractivity contribution in [3.05, 3.63) is 16.1 Å². The second-order valence-electron chi connectivity index (χ2n) is 4.27. The predicted molar refractivity (Wildman–Crippen MR) is 68.5 cm³/mol. The molecule has 1 unspecified atom stereocenters. The van der Waals surface area contributed by atoms with Gasteiger partial charge in [-0.05, 0) is 19.8 Å². The van der Waals surface area contributed by atoms with Crippen LogP contribution in [0.4, 0.5) is 0 Å². The highest BCUT2D eigenvalue weighted by Gasteiger charge is 2.15. The summed E-state index contributed by atoms with van der Waals surface area (Å²) in [5.74, 6) is -0.0981. The van der Waals surface area contributed by atoms with E-state index in [1.807, 2.05) is 6.92 Å². The molecule has 1 aromatic rings. The first-order valence-electron chi connectivity index (χ1n) is 6.11. The van der Waals surface area contributed by atoms with Gasteiger partial charge in [0.25, 0.3) is 0 Å². The fraction of sp³-hybridized carbons (Fsp3) is 0.667. The molecule has 5 nitrogen and oxygen atoms in total. The first kappa shape index (κ1) is 13.5. The van der Waals surface area contributed by atoms with E-state index >= 15 is 0 Å². The minimum absolute atomic E-state index is 0.0949. The zero-order chi connectivity index (χ0) is 12.8. The van der Waals surface area contributed by atoms with Crippen LogP contribution in [0.1, 0.15) is 22.7 Å². The molecule has 1 amide bonds. The van der Waals surface area contributed by atoms with Crippen molar-refractivity contribution in [3.8, 4) is 0 Å². The molecule has 0 spiro atoms. The van der Waals surface area contributed by atoms with E-state index in [1.54, 1.807) is 17.5 Å². The maximum Gasteiger partial charge on any atom is 0.246 e. The van der Waals surface area contributed by atoms with E-state index in [4.69, 9.17) is 9.47 Å². The second kappa shape index (κ2) is 6.82. The van der Waals surface area contributed by atoms with E-state index in [0.717, 1.165) is 29.3 Å². The molecule has 0 aromatic carbocycles. The monoisotopic (exact) mass is 270 g/mol. The Hall–Kier alpha value is -0.980. The number of carbonyl (C=O) groups excluding carboxylic acids is 1.